The van der Waals surface area contributed by atoms with Gasteiger partial charge in [0.05, 0.1) is 6.04 Å². The largest absolute Gasteiger partial charge is 0.396 e. The summed E-state index contributed by atoms with van der Waals surface area (Å²) in [5.74, 6) is 0.455. The van der Waals surface area contributed by atoms with Gasteiger partial charge in [-0.15, -0.1) is 0 Å². The van der Waals surface area contributed by atoms with E-state index in [1.807, 2.05) is 24.2 Å². The number of rotatable bonds is 4. The van der Waals surface area contributed by atoms with Gasteiger partial charge < -0.3 is 19.9 Å². The molecule has 0 radical (unpaired) electrons. The number of aliphatic hydroxyl groups excluding tert-OH is 1. The molecule has 0 aromatic carbocycles. The topological polar surface area (TPSA) is 83.3 Å². The maximum Gasteiger partial charge on any atom is 0.268 e. The standard InChI is InChI=1S/C15H19N5O2/c1-19-7-2-4-13(19)14(22)18-12-9-20(8-11(12)10-21)15-16-5-3-6-17-15/h2-7,11-12,21H,8-10H2,1H3,(H,18,22)/t11-,12+/m0/s1. The van der Waals surface area contributed by atoms with E-state index in [0.717, 1.165) is 0 Å². The minimum Gasteiger partial charge on any atom is -0.396 e. The van der Waals surface area contributed by atoms with Gasteiger partial charge in [0.1, 0.15) is 5.69 Å². The molecule has 0 unspecified atom stereocenters. The number of carbonyl (C=O) groups is 1. The number of aromatic nitrogens is 3. The summed E-state index contributed by atoms with van der Waals surface area (Å²) in [6.07, 6.45) is 5.20. The molecule has 0 spiro atoms. The highest BCUT2D eigenvalue weighted by atomic mass is 16.3. The van der Waals surface area contributed by atoms with Gasteiger partial charge in [-0.05, 0) is 18.2 Å². The smallest absolute Gasteiger partial charge is 0.268 e. The van der Waals surface area contributed by atoms with E-state index in [-0.39, 0.29) is 24.5 Å². The summed E-state index contributed by atoms with van der Waals surface area (Å²) in [4.78, 5) is 22.8. The molecule has 2 atom stereocenters. The fourth-order valence-corrected chi connectivity index (χ4v) is 2.78. The number of anilines is 1. The van der Waals surface area contributed by atoms with Crippen LogP contribution in [-0.4, -0.2) is 51.3 Å². The molecular weight excluding hydrogens is 282 g/mol. The number of nitrogens with one attached hydrogen (secondary N) is 1. The van der Waals surface area contributed by atoms with Crippen LogP contribution >= 0.6 is 0 Å². The third kappa shape index (κ3) is 2.80. The molecule has 1 amide bonds. The van der Waals surface area contributed by atoms with Gasteiger partial charge in [0.15, 0.2) is 0 Å². The molecule has 1 fully saturated rings. The molecule has 22 heavy (non-hydrogen) atoms. The van der Waals surface area contributed by atoms with Crippen molar-refractivity contribution in [3.63, 3.8) is 0 Å². The molecule has 0 bridgehead atoms. The number of hydrogen-bond acceptors (Lipinski definition) is 5. The van der Waals surface area contributed by atoms with Gasteiger partial charge in [0, 0.05) is 51.3 Å². The SMILES string of the molecule is Cn1cccc1C(=O)N[C@@H]1CN(c2ncccn2)C[C@H]1CO. The van der Waals surface area contributed by atoms with Crippen molar-refractivity contribution in [2.24, 2.45) is 13.0 Å². The monoisotopic (exact) mass is 301 g/mol. The van der Waals surface area contributed by atoms with Crippen molar-refractivity contribution in [3.8, 4) is 0 Å². The molecule has 1 saturated heterocycles. The number of carbonyl (C=O) groups excluding carboxylic acids is 1. The lowest BCUT2D eigenvalue weighted by Crippen LogP contribution is -2.42. The minimum atomic E-state index is -0.133. The maximum atomic E-state index is 12.3. The van der Waals surface area contributed by atoms with E-state index >= 15 is 0 Å². The first-order chi connectivity index (χ1) is 10.7. The molecule has 3 rings (SSSR count). The molecule has 2 aromatic rings. The molecule has 7 nitrogen and oxygen atoms in total. The highest BCUT2D eigenvalue weighted by Crippen LogP contribution is 2.21. The third-order valence-electron chi connectivity index (χ3n) is 4.00. The molecule has 3 heterocycles. The van der Waals surface area contributed by atoms with Gasteiger partial charge in [-0.2, -0.15) is 0 Å². The quantitative estimate of drug-likeness (QED) is 0.833. The van der Waals surface area contributed by atoms with E-state index in [9.17, 15) is 9.90 Å². The highest BCUT2D eigenvalue weighted by Gasteiger charge is 2.34. The lowest BCUT2D eigenvalue weighted by molar-refractivity contribution is 0.0913. The van der Waals surface area contributed by atoms with Gasteiger partial charge in [-0.25, -0.2) is 9.97 Å². The lowest BCUT2D eigenvalue weighted by atomic mass is 10.1. The Hall–Kier alpha value is -2.41. The van der Waals surface area contributed by atoms with E-state index in [4.69, 9.17) is 0 Å². The van der Waals surface area contributed by atoms with E-state index in [1.54, 1.807) is 29.1 Å². The van der Waals surface area contributed by atoms with Gasteiger partial charge >= 0.3 is 0 Å². The molecule has 2 aromatic heterocycles. The number of amides is 1. The summed E-state index contributed by atoms with van der Waals surface area (Å²) >= 11 is 0. The normalized spacial score (nSPS) is 21.1. The fraction of sp³-hybridized carbons (Fsp3) is 0.400. The van der Waals surface area contributed by atoms with Crippen LogP contribution in [0.1, 0.15) is 10.5 Å². The predicted molar refractivity (Wildman–Crippen MR) is 81.5 cm³/mol. The molecular formula is C15H19N5O2. The number of nitrogens with zero attached hydrogens (tertiary/aromatic N) is 4. The summed E-state index contributed by atoms with van der Waals surface area (Å²) in [5, 5.41) is 12.6. The summed E-state index contributed by atoms with van der Waals surface area (Å²) < 4.78 is 1.77. The van der Waals surface area contributed by atoms with E-state index in [0.29, 0.717) is 24.7 Å². The Kier molecular flexibility index (Phi) is 4.06. The minimum absolute atomic E-state index is 0.0153. The van der Waals surface area contributed by atoms with Gasteiger partial charge in [0.25, 0.3) is 5.91 Å². The van der Waals surface area contributed by atoms with E-state index < -0.39 is 0 Å². The second-order valence-corrected chi connectivity index (χ2v) is 5.48. The summed E-state index contributed by atoms with van der Waals surface area (Å²) in [7, 11) is 1.83. The Bertz CT molecular complexity index is 642. The fourth-order valence-electron chi connectivity index (χ4n) is 2.78. The molecule has 116 valence electrons. The van der Waals surface area contributed by atoms with Crippen LogP contribution in [0, 0.1) is 5.92 Å². The Morgan fingerprint density at radius 2 is 2.14 bits per heavy atom. The van der Waals surface area contributed by atoms with Crippen LogP contribution in [0.15, 0.2) is 36.8 Å². The molecule has 7 heteroatoms. The zero-order valence-electron chi connectivity index (χ0n) is 12.4. The van der Waals surface area contributed by atoms with Crippen LogP contribution in [0.2, 0.25) is 0 Å². The first-order valence-corrected chi connectivity index (χ1v) is 7.24. The Morgan fingerprint density at radius 1 is 1.36 bits per heavy atom. The van der Waals surface area contributed by atoms with Crippen LogP contribution in [0.3, 0.4) is 0 Å². The molecule has 0 saturated carbocycles. The van der Waals surface area contributed by atoms with Gasteiger partial charge in [-0.1, -0.05) is 0 Å². The van der Waals surface area contributed by atoms with Crippen molar-refractivity contribution >= 4 is 11.9 Å². The van der Waals surface area contributed by atoms with Crippen LogP contribution in [0.4, 0.5) is 5.95 Å². The van der Waals surface area contributed by atoms with Gasteiger partial charge in [0.2, 0.25) is 5.95 Å². The second kappa shape index (κ2) is 6.15. The number of hydrogen-bond donors (Lipinski definition) is 2. The highest BCUT2D eigenvalue weighted by molar-refractivity contribution is 5.93. The summed E-state index contributed by atoms with van der Waals surface area (Å²) in [5.41, 5.74) is 0.603. The van der Waals surface area contributed by atoms with Crippen LogP contribution in [-0.2, 0) is 7.05 Å². The zero-order valence-corrected chi connectivity index (χ0v) is 12.4. The van der Waals surface area contributed by atoms with E-state index in [2.05, 4.69) is 15.3 Å². The molecule has 1 aliphatic rings. The maximum absolute atomic E-state index is 12.3. The Labute approximate surface area is 128 Å². The van der Waals surface area contributed by atoms with Gasteiger partial charge in [-0.3, -0.25) is 4.79 Å². The number of aryl methyl sites for hydroxylation is 1. The Balaban J connectivity index is 1.71. The zero-order chi connectivity index (χ0) is 15.5. The molecule has 1 aliphatic heterocycles. The van der Waals surface area contributed by atoms with Crippen LogP contribution < -0.4 is 10.2 Å². The average Bonchev–Trinajstić information content (AvgIpc) is 3.14. The van der Waals surface area contributed by atoms with Crippen molar-refractivity contribution in [1.82, 2.24) is 19.9 Å². The average molecular weight is 301 g/mol. The molecule has 2 N–H and O–H groups in total. The van der Waals surface area contributed by atoms with Crippen LogP contribution in [0.25, 0.3) is 0 Å². The Morgan fingerprint density at radius 3 is 2.77 bits per heavy atom. The van der Waals surface area contributed by atoms with Crippen molar-refractivity contribution < 1.29 is 9.90 Å². The first kappa shape index (κ1) is 14.5. The van der Waals surface area contributed by atoms with Crippen molar-refractivity contribution in [2.75, 3.05) is 24.6 Å². The summed E-state index contributed by atoms with van der Waals surface area (Å²) in [6, 6.07) is 5.24. The number of aliphatic hydroxyl groups is 1. The predicted octanol–water partition coefficient (Wildman–Crippen LogP) is 0.0422. The second-order valence-electron chi connectivity index (χ2n) is 5.48. The summed E-state index contributed by atoms with van der Waals surface area (Å²) in [6.45, 7) is 1.23. The lowest BCUT2D eigenvalue weighted by Gasteiger charge is -2.18. The van der Waals surface area contributed by atoms with Crippen molar-refractivity contribution in [1.29, 1.82) is 0 Å². The van der Waals surface area contributed by atoms with Crippen LogP contribution in [0.5, 0.6) is 0 Å². The molecule has 0 aliphatic carbocycles. The first-order valence-electron chi connectivity index (χ1n) is 7.24. The van der Waals surface area contributed by atoms with E-state index in [1.165, 1.54) is 0 Å². The van der Waals surface area contributed by atoms with Crippen molar-refractivity contribution in [2.45, 2.75) is 6.04 Å². The third-order valence-corrected chi connectivity index (χ3v) is 4.00. The van der Waals surface area contributed by atoms with Crippen molar-refractivity contribution in [3.05, 3.63) is 42.5 Å².